The number of hydrogen-bond acceptors (Lipinski definition) is 10. The van der Waals surface area contributed by atoms with E-state index in [9.17, 15) is 10.2 Å². The maximum Gasteiger partial charge on any atom is 0.164 e. The maximum atomic E-state index is 11.6. The lowest BCUT2D eigenvalue weighted by Crippen LogP contribution is -2.65. The average molecular weight is 704 g/mol. The van der Waals surface area contributed by atoms with E-state index in [1.807, 2.05) is 17.0 Å². The van der Waals surface area contributed by atoms with Gasteiger partial charge in [0.25, 0.3) is 0 Å². The van der Waals surface area contributed by atoms with E-state index in [1.54, 1.807) is 0 Å². The Balaban J connectivity index is 1.12. The van der Waals surface area contributed by atoms with Crippen LogP contribution < -0.4 is 15.1 Å². The Morgan fingerprint density at radius 1 is 0.863 bits per heavy atom. The standard InChI is InChI=1S/C41H45N5O4S/c1-29-12-14-35-34(20-29)36(42-26-41(27-50-28-41)45(23-30-8-4-2-5-9-30)24-31-10-6-3-7-11-31)22-38(43-35)46-25-32-21-33(44-16-18-49-19-17-44)13-15-37(32)51-40(48)39(46)47/h2-15,20-22,39-40,47-48H,16-19,23-28H2,1H3,(H,42,43). The van der Waals surface area contributed by atoms with E-state index in [2.05, 4.69) is 113 Å². The number of aliphatic hydroxyl groups is 2. The molecule has 51 heavy (non-hydrogen) atoms. The molecule has 9 nitrogen and oxygen atoms in total. The number of nitrogens with one attached hydrogen (secondary N) is 1. The molecule has 3 aliphatic heterocycles. The molecule has 0 bridgehead atoms. The summed E-state index contributed by atoms with van der Waals surface area (Å²) in [6.07, 6.45) is -1.16. The molecular weight excluding hydrogens is 659 g/mol. The lowest BCUT2D eigenvalue weighted by Gasteiger charge is -2.50. The van der Waals surface area contributed by atoms with Crippen molar-refractivity contribution in [1.82, 2.24) is 9.88 Å². The molecule has 10 heteroatoms. The minimum absolute atomic E-state index is 0.241. The number of anilines is 3. The minimum Gasteiger partial charge on any atom is -0.382 e. The van der Waals surface area contributed by atoms with Crippen molar-refractivity contribution in [1.29, 1.82) is 0 Å². The Labute approximate surface area is 303 Å². The summed E-state index contributed by atoms with van der Waals surface area (Å²) >= 11 is 1.29. The van der Waals surface area contributed by atoms with Crippen molar-refractivity contribution in [3.8, 4) is 0 Å². The van der Waals surface area contributed by atoms with Crippen molar-refractivity contribution in [2.45, 2.75) is 48.7 Å². The maximum absolute atomic E-state index is 11.6. The van der Waals surface area contributed by atoms with Crippen molar-refractivity contribution in [3.05, 3.63) is 125 Å². The Kier molecular flexibility index (Phi) is 9.87. The predicted octanol–water partition coefficient (Wildman–Crippen LogP) is 6.01. The number of nitrogens with zero attached hydrogens (tertiary/aromatic N) is 4. The van der Waals surface area contributed by atoms with Crippen LogP contribution >= 0.6 is 11.8 Å². The van der Waals surface area contributed by atoms with E-state index in [0.717, 1.165) is 64.5 Å². The number of hydrogen-bond donors (Lipinski definition) is 3. The summed E-state index contributed by atoms with van der Waals surface area (Å²) in [5, 5.41) is 27.6. The fourth-order valence-electron chi connectivity index (χ4n) is 7.27. The van der Waals surface area contributed by atoms with Gasteiger partial charge in [0.1, 0.15) is 11.3 Å². The van der Waals surface area contributed by atoms with Crippen molar-refractivity contribution >= 4 is 39.9 Å². The summed E-state index contributed by atoms with van der Waals surface area (Å²) in [5.74, 6) is 0.606. The molecule has 8 rings (SSSR count). The van der Waals surface area contributed by atoms with Crippen molar-refractivity contribution in [3.63, 3.8) is 0 Å². The average Bonchev–Trinajstić information content (AvgIpc) is 3.27. The van der Waals surface area contributed by atoms with Gasteiger partial charge in [-0.15, -0.1) is 0 Å². The van der Waals surface area contributed by atoms with E-state index in [-0.39, 0.29) is 5.54 Å². The fraction of sp³-hybridized carbons (Fsp3) is 0.341. The van der Waals surface area contributed by atoms with Gasteiger partial charge >= 0.3 is 0 Å². The third-order valence-electron chi connectivity index (χ3n) is 10.3. The van der Waals surface area contributed by atoms with Crippen LogP contribution in [0.2, 0.25) is 0 Å². The number of morpholine rings is 1. The third kappa shape index (κ3) is 7.30. The molecule has 0 aliphatic carbocycles. The van der Waals surface area contributed by atoms with Gasteiger partial charge in [0.05, 0.1) is 37.5 Å². The van der Waals surface area contributed by atoms with Crippen LogP contribution in [0.15, 0.2) is 108 Å². The first-order chi connectivity index (χ1) is 24.9. The molecule has 1 aromatic heterocycles. The Morgan fingerprint density at radius 3 is 2.24 bits per heavy atom. The molecule has 0 radical (unpaired) electrons. The van der Waals surface area contributed by atoms with Gasteiger partial charge in [0.2, 0.25) is 0 Å². The van der Waals surface area contributed by atoms with Crippen LogP contribution in [0.3, 0.4) is 0 Å². The SMILES string of the molecule is Cc1ccc2nc(N3Cc4cc(N5CCOCC5)ccc4SC(O)C3O)cc(NCC3(N(Cc4ccccc4)Cc4ccccc4)COC3)c2c1. The largest absolute Gasteiger partial charge is 0.382 e. The Bertz CT molecular complexity index is 1910. The molecule has 2 unspecified atom stereocenters. The molecule has 0 amide bonds. The quantitative estimate of drug-likeness (QED) is 0.161. The van der Waals surface area contributed by atoms with Crippen molar-refractivity contribution in [2.75, 3.05) is 61.2 Å². The molecule has 0 saturated carbocycles. The van der Waals surface area contributed by atoms with Gasteiger partial charge in [-0.25, -0.2) is 4.98 Å². The van der Waals surface area contributed by atoms with E-state index < -0.39 is 11.7 Å². The number of thioether (sulfide) groups is 1. The number of ether oxygens (including phenoxy) is 2. The van der Waals surface area contributed by atoms with Crippen LogP contribution in [-0.2, 0) is 29.1 Å². The highest BCUT2D eigenvalue weighted by atomic mass is 32.2. The monoisotopic (exact) mass is 703 g/mol. The summed E-state index contributed by atoms with van der Waals surface area (Å²) in [5.41, 5.74) is 6.30. The lowest BCUT2D eigenvalue weighted by atomic mass is 9.92. The fourth-order valence-corrected chi connectivity index (χ4v) is 8.22. The number of aromatic nitrogens is 1. The first-order valence-corrected chi connectivity index (χ1v) is 18.6. The van der Waals surface area contributed by atoms with E-state index >= 15 is 0 Å². The third-order valence-corrected chi connectivity index (χ3v) is 11.4. The zero-order valence-corrected chi connectivity index (χ0v) is 29.8. The molecule has 3 aliphatic rings. The second kappa shape index (κ2) is 14.8. The second-order valence-corrected chi connectivity index (χ2v) is 15.0. The molecule has 5 aromatic rings. The molecule has 4 heterocycles. The highest BCUT2D eigenvalue weighted by molar-refractivity contribution is 7.99. The van der Waals surface area contributed by atoms with Gasteiger partial charge < -0.3 is 34.8 Å². The molecule has 4 aromatic carbocycles. The summed E-state index contributed by atoms with van der Waals surface area (Å²) < 4.78 is 11.5. The Hall–Kier alpha value is -4.16. The van der Waals surface area contributed by atoms with Crippen LogP contribution in [0, 0.1) is 6.92 Å². The van der Waals surface area contributed by atoms with Gasteiger partial charge in [-0.1, -0.05) is 84.1 Å². The molecule has 264 valence electrons. The van der Waals surface area contributed by atoms with Crippen molar-refractivity contribution in [2.24, 2.45) is 0 Å². The van der Waals surface area contributed by atoms with Crippen LogP contribution in [0.4, 0.5) is 17.2 Å². The van der Waals surface area contributed by atoms with Gasteiger partial charge in [0.15, 0.2) is 6.23 Å². The van der Waals surface area contributed by atoms with Gasteiger partial charge in [0, 0.05) is 67.0 Å². The summed E-state index contributed by atoms with van der Waals surface area (Å²) in [4.78, 5) is 12.7. The number of aryl methyl sites for hydroxylation is 1. The van der Waals surface area contributed by atoms with Crippen LogP contribution in [-0.4, -0.2) is 83.4 Å². The number of benzene rings is 4. The van der Waals surface area contributed by atoms with Crippen LogP contribution in [0.5, 0.6) is 0 Å². The lowest BCUT2D eigenvalue weighted by molar-refractivity contribution is -0.140. The van der Waals surface area contributed by atoms with Crippen LogP contribution in [0.25, 0.3) is 10.9 Å². The van der Waals surface area contributed by atoms with Gasteiger partial charge in [-0.3, -0.25) is 4.90 Å². The van der Waals surface area contributed by atoms with E-state index in [1.165, 1.54) is 22.9 Å². The highest BCUT2D eigenvalue weighted by Crippen LogP contribution is 2.39. The van der Waals surface area contributed by atoms with E-state index in [4.69, 9.17) is 14.5 Å². The molecule has 0 spiro atoms. The molecular formula is C41H45N5O4S. The first-order valence-electron chi connectivity index (χ1n) is 17.8. The Morgan fingerprint density at radius 2 is 1.57 bits per heavy atom. The summed E-state index contributed by atoms with van der Waals surface area (Å²) in [6, 6.07) is 35.9. The van der Waals surface area contributed by atoms with Gasteiger partial charge in [-0.2, -0.15) is 0 Å². The zero-order chi connectivity index (χ0) is 34.8. The predicted molar refractivity (Wildman–Crippen MR) is 204 cm³/mol. The minimum atomic E-state index is -1.16. The zero-order valence-electron chi connectivity index (χ0n) is 28.9. The number of fused-ring (bicyclic) bond motifs is 2. The normalized spacial score (nSPS) is 20.2. The second-order valence-electron chi connectivity index (χ2n) is 13.9. The topological polar surface area (TPSA) is 93.6 Å². The molecule has 2 atom stereocenters. The molecule has 3 N–H and O–H groups in total. The number of pyridine rings is 1. The summed E-state index contributed by atoms with van der Waals surface area (Å²) in [6.45, 7) is 9.06. The smallest absolute Gasteiger partial charge is 0.164 e. The number of aliphatic hydroxyl groups excluding tert-OH is 2. The summed E-state index contributed by atoms with van der Waals surface area (Å²) in [7, 11) is 0. The molecule has 2 fully saturated rings. The van der Waals surface area contributed by atoms with Gasteiger partial charge in [-0.05, 0) is 53.9 Å². The first kappa shape index (κ1) is 34.0. The van der Waals surface area contributed by atoms with Crippen molar-refractivity contribution < 1.29 is 19.7 Å². The van der Waals surface area contributed by atoms with Crippen LogP contribution in [0.1, 0.15) is 22.3 Å². The molecule has 2 saturated heterocycles. The van der Waals surface area contributed by atoms with E-state index in [0.29, 0.717) is 45.3 Å². The highest BCUT2D eigenvalue weighted by Gasteiger charge is 2.44. The number of rotatable bonds is 10.